The Morgan fingerprint density at radius 3 is 2.60 bits per heavy atom. The smallest absolute Gasteiger partial charge is 0.191 e. The van der Waals surface area contributed by atoms with Gasteiger partial charge in [0.25, 0.3) is 0 Å². The lowest BCUT2D eigenvalue weighted by molar-refractivity contribution is 0.0468. The van der Waals surface area contributed by atoms with Gasteiger partial charge in [-0.05, 0) is 31.4 Å². The van der Waals surface area contributed by atoms with E-state index in [0.29, 0.717) is 25.9 Å². The number of aryl methyl sites for hydroxylation is 1. The molecule has 170 valence electrons. The average molecular weight is 531 g/mol. The first-order valence-electron chi connectivity index (χ1n) is 11.1. The molecule has 1 saturated carbocycles. The summed E-state index contributed by atoms with van der Waals surface area (Å²) in [4.78, 5) is 4.33. The van der Waals surface area contributed by atoms with Crippen molar-refractivity contribution in [2.45, 2.75) is 70.6 Å². The molecule has 1 saturated heterocycles. The highest BCUT2D eigenvalue weighted by atomic mass is 127. The molecule has 1 aliphatic heterocycles. The molecule has 1 heterocycles. The minimum absolute atomic E-state index is 0. The topological polar surface area (TPSA) is 64.1 Å². The zero-order valence-electron chi connectivity index (χ0n) is 18.5. The van der Waals surface area contributed by atoms with E-state index in [0.717, 1.165) is 36.8 Å². The van der Waals surface area contributed by atoms with Gasteiger partial charge in [0.1, 0.15) is 11.9 Å². The van der Waals surface area contributed by atoms with E-state index in [1.165, 1.54) is 44.1 Å². The molecule has 1 aromatic rings. The quantitative estimate of drug-likeness (QED) is 0.173. The van der Waals surface area contributed by atoms with Gasteiger partial charge >= 0.3 is 0 Å². The average Bonchev–Trinajstić information content (AvgIpc) is 3.10. The highest BCUT2D eigenvalue weighted by Gasteiger charge is 2.19. The van der Waals surface area contributed by atoms with E-state index in [2.05, 4.69) is 40.7 Å². The van der Waals surface area contributed by atoms with E-state index in [1.807, 2.05) is 0 Å². The van der Waals surface area contributed by atoms with Crippen molar-refractivity contribution in [3.05, 3.63) is 29.3 Å². The molecule has 1 atom stereocenters. The summed E-state index contributed by atoms with van der Waals surface area (Å²) in [6, 6.07) is 6.34. The van der Waals surface area contributed by atoms with Gasteiger partial charge in [-0.1, -0.05) is 37.8 Å². The normalized spacial score (nSPS) is 20.3. The van der Waals surface area contributed by atoms with Crippen LogP contribution < -0.4 is 15.4 Å². The summed E-state index contributed by atoms with van der Waals surface area (Å²) in [7, 11) is 1.80. The molecule has 0 aromatic heterocycles. The van der Waals surface area contributed by atoms with Crippen LogP contribution in [0.2, 0.25) is 0 Å². The second kappa shape index (κ2) is 14.1. The van der Waals surface area contributed by atoms with Crippen LogP contribution in [0.5, 0.6) is 5.75 Å². The number of guanidine groups is 1. The number of hydrogen-bond acceptors (Lipinski definition) is 4. The van der Waals surface area contributed by atoms with Crippen LogP contribution in [-0.4, -0.2) is 51.6 Å². The van der Waals surface area contributed by atoms with Crippen molar-refractivity contribution in [1.29, 1.82) is 0 Å². The first kappa shape index (κ1) is 25.2. The molecule has 0 radical (unpaired) electrons. The van der Waals surface area contributed by atoms with Crippen molar-refractivity contribution < 1.29 is 14.2 Å². The predicted molar refractivity (Wildman–Crippen MR) is 132 cm³/mol. The first-order valence-corrected chi connectivity index (χ1v) is 11.1. The van der Waals surface area contributed by atoms with Crippen molar-refractivity contribution in [3.63, 3.8) is 0 Å². The monoisotopic (exact) mass is 531 g/mol. The second-order valence-electron chi connectivity index (χ2n) is 8.05. The summed E-state index contributed by atoms with van der Waals surface area (Å²) in [5.41, 5.74) is 2.32. The maximum Gasteiger partial charge on any atom is 0.191 e. The molecule has 2 aliphatic rings. The van der Waals surface area contributed by atoms with Crippen molar-refractivity contribution in [3.8, 4) is 5.75 Å². The Hall–Kier alpha value is -1.06. The van der Waals surface area contributed by atoms with Gasteiger partial charge in [-0.15, -0.1) is 24.0 Å². The molecule has 0 bridgehead atoms. The molecular formula is C23H38IN3O3. The van der Waals surface area contributed by atoms with Crippen LogP contribution in [0.3, 0.4) is 0 Å². The van der Waals surface area contributed by atoms with Crippen molar-refractivity contribution >= 4 is 29.9 Å². The lowest BCUT2D eigenvalue weighted by Gasteiger charge is -2.19. The van der Waals surface area contributed by atoms with E-state index in [1.54, 1.807) is 7.05 Å². The van der Waals surface area contributed by atoms with Gasteiger partial charge in [0, 0.05) is 32.1 Å². The Kier molecular flexibility index (Phi) is 11.8. The number of ether oxygens (including phenoxy) is 3. The number of halogens is 1. The Bertz CT molecular complexity index is 643. The molecule has 0 spiro atoms. The lowest BCUT2D eigenvalue weighted by atomic mass is 10.1. The molecule has 1 aromatic carbocycles. The molecule has 2 N–H and O–H groups in total. The Labute approximate surface area is 198 Å². The fraction of sp³-hybridized carbons (Fsp3) is 0.696. The number of hydrogen-bond donors (Lipinski definition) is 2. The fourth-order valence-corrected chi connectivity index (χ4v) is 3.91. The van der Waals surface area contributed by atoms with E-state index in [-0.39, 0.29) is 30.1 Å². The molecule has 0 amide bonds. The third kappa shape index (κ3) is 8.59. The summed E-state index contributed by atoms with van der Waals surface area (Å²) in [5, 5.41) is 6.74. The van der Waals surface area contributed by atoms with Crippen molar-refractivity contribution in [1.82, 2.24) is 10.6 Å². The van der Waals surface area contributed by atoms with Crippen molar-refractivity contribution in [2.24, 2.45) is 4.99 Å². The lowest BCUT2D eigenvalue weighted by Crippen LogP contribution is -2.39. The van der Waals surface area contributed by atoms with Crippen molar-refractivity contribution in [2.75, 3.05) is 33.4 Å². The second-order valence-corrected chi connectivity index (χ2v) is 8.05. The minimum atomic E-state index is 0. The van der Waals surface area contributed by atoms with Crippen LogP contribution in [-0.2, 0) is 16.0 Å². The minimum Gasteiger partial charge on any atom is -0.488 e. The van der Waals surface area contributed by atoms with Gasteiger partial charge in [-0.2, -0.15) is 0 Å². The zero-order chi connectivity index (χ0) is 20.3. The Morgan fingerprint density at radius 1 is 1.10 bits per heavy atom. The summed E-state index contributed by atoms with van der Waals surface area (Å²) < 4.78 is 17.7. The maximum absolute atomic E-state index is 6.18. The third-order valence-electron chi connectivity index (χ3n) is 5.62. The number of rotatable bonds is 8. The number of nitrogens with zero attached hydrogens (tertiary/aromatic N) is 1. The molecule has 30 heavy (non-hydrogen) atoms. The molecule has 6 nitrogen and oxygen atoms in total. The van der Waals surface area contributed by atoms with Crippen LogP contribution in [0.25, 0.3) is 0 Å². The van der Waals surface area contributed by atoms with E-state index in [4.69, 9.17) is 14.2 Å². The van der Waals surface area contributed by atoms with E-state index >= 15 is 0 Å². The maximum atomic E-state index is 6.18. The largest absolute Gasteiger partial charge is 0.488 e. The van der Waals surface area contributed by atoms with Crippen LogP contribution in [0.4, 0.5) is 0 Å². The van der Waals surface area contributed by atoms with Gasteiger partial charge in [-0.3, -0.25) is 4.99 Å². The molecule has 1 aliphatic carbocycles. The summed E-state index contributed by atoms with van der Waals surface area (Å²) in [5.74, 6) is 1.71. The van der Waals surface area contributed by atoms with Gasteiger partial charge < -0.3 is 24.8 Å². The number of benzene rings is 1. The fourth-order valence-electron chi connectivity index (χ4n) is 3.91. The predicted octanol–water partition coefficient (Wildman–Crippen LogP) is 4.19. The molecule has 7 heteroatoms. The van der Waals surface area contributed by atoms with Gasteiger partial charge in [0.05, 0.1) is 25.9 Å². The van der Waals surface area contributed by atoms with Gasteiger partial charge in [0.2, 0.25) is 0 Å². The summed E-state index contributed by atoms with van der Waals surface area (Å²) >= 11 is 0. The molecule has 3 rings (SSSR count). The summed E-state index contributed by atoms with van der Waals surface area (Å²) in [6.45, 7) is 5.67. The van der Waals surface area contributed by atoms with Crippen LogP contribution in [0.1, 0.15) is 56.1 Å². The molecular weight excluding hydrogens is 493 g/mol. The Morgan fingerprint density at radius 2 is 1.90 bits per heavy atom. The van der Waals surface area contributed by atoms with E-state index < -0.39 is 0 Å². The summed E-state index contributed by atoms with van der Waals surface area (Å²) in [6.07, 6.45) is 9.25. The SMILES string of the molecule is CN=C(NCCOC1CCCCCC1)NCc1ccc(C)cc1OC1CCOC1.I. The highest BCUT2D eigenvalue weighted by molar-refractivity contribution is 14.0. The molecule has 1 unspecified atom stereocenters. The van der Waals surface area contributed by atoms with Crippen LogP contribution >= 0.6 is 24.0 Å². The third-order valence-corrected chi connectivity index (χ3v) is 5.62. The standard InChI is InChI=1S/C23H37N3O3.HI/c1-18-9-10-19(22(15-18)29-21-11-13-27-17-21)16-26-23(24-2)25-12-14-28-20-7-5-3-4-6-8-20;/h9-10,15,20-21H,3-8,11-14,16-17H2,1-2H3,(H2,24,25,26);1H. The van der Waals surface area contributed by atoms with Crippen LogP contribution in [0, 0.1) is 6.92 Å². The first-order chi connectivity index (χ1) is 14.2. The Balaban J connectivity index is 0.00000320. The highest BCUT2D eigenvalue weighted by Crippen LogP contribution is 2.24. The number of nitrogens with one attached hydrogen (secondary N) is 2. The number of aliphatic imine (C=N–C) groups is 1. The molecule has 2 fully saturated rings. The van der Waals surface area contributed by atoms with E-state index in [9.17, 15) is 0 Å². The zero-order valence-corrected chi connectivity index (χ0v) is 20.8. The van der Waals surface area contributed by atoms with Crippen LogP contribution in [0.15, 0.2) is 23.2 Å². The van der Waals surface area contributed by atoms with Gasteiger partial charge in [0.15, 0.2) is 5.96 Å². The van der Waals surface area contributed by atoms with Gasteiger partial charge in [-0.25, -0.2) is 0 Å².